The van der Waals surface area contributed by atoms with E-state index in [2.05, 4.69) is 9.97 Å². The summed E-state index contributed by atoms with van der Waals surface area (Å²) < 4.78 is 4.96. The summed E-state index contributed by atoms with van der Waals surface area (Å²) in [6.07, 6.45) is 0.851. The molecule has 0 radical (unpaired) electrons. The number of rotatable bonds is 7. The van der Waals surface area contributed by atoms with Gasteiger partial charge in [-0.05, 0) is 26.3 Å². The average molecular weight is 283 g/mol. The van der Waals surface area contributed by atoms with Gasteiger partial charge in [-0.25, -0.2) is 9.97 Å². The number of hydrogen-bond donors (Lipinski definition) is 0. The first-order chi connectivity index (χ1) is 9.02. The molecule has 1 rings (SSSR count). The normalized spacial score (nSPS) is 10.5. The number of aryl methyl sites for hydroxylation is 2. The van der Waals surface area contributed by atoms with Gasteiger partial charge in [0.15, 0.2) is 5.16 Å². The largest absolute Gasteiger partial charge is 0.385 e. The zero-order valence-electron chi connectivity index (χ0n) is 12.0. The molecule has 19 heavy (non-hydrogen) atoms. The monoisotopic (exact) mass is 283 g/mol. The molecule has 0 aliphatic heterocycles. The van der Waals surface area contributed by atoms with Crippen LogP contribution in [0, 0.1) is 13.8 Å². The molecule has 106 valence electrons. The lowest BCUT2D eigenvalue weighted by molar-refractivity contribution is -0.127. The highest BCUT2D eigenvalue weighted by atomic mass is 32.2. The minimum Gasteiger partial charge on any atom is -0.385 e. The maximum Gasteiger partial charge on any atom is 0.232 e. The molecule has 5 nitrogen and oxygen atoms in total. The Balaban J connectivity index is 2.40. The number of aromatic nitrogens is 2. The Morgan fingerprint density at radius 1 is 1.37 bits per heavy atom. The molecule has 0 N–H and O–H groups in total. The van der Waals surface area contributed by atoms with Crippen LogP contribution in [0.3, 0.4) is 0 Å². The Morgan fingerprint density at radius 2 is 2.00 bits per heavy atom. The van der Waals surface area contributed by atoms with Gasteiger partial charge >= 0.3 is 0 Å². The van der Waals surface area contributed by atoms with Gasteiger partial charge in [0.1, 0.15) is 0 Å². The number of carbonyl (C=O) groups excluding carboxylic acids is 1. The van der Waals surface area contributed by atoms with Crippen molar-refractivity contribution in [1.29, 1.82) is 0 Å². The van der Waals surface area contributed by atoms with E-state index in [0.717, 1.165) is 17.8 Å². The van der Waals surface area contributed by atoms with Crippen molar-refractivity contribution in [3.05, 3.63) is 17.5 Å². The summed E-state index contributed by atoms with van der Waals surface area (Å²) in [5.41, 5.74) is 1.85. The molecule has 1 aromatic heterocycles. The SMILES string of the molecule is COCCCN(C)C(=O)CSc1nc(C)cc(C)n1. The van der Waals surface area contributed by atoms with Crippen molar-refractivity contribution in [1.82, 2.24) is 14.9 Å². The number of nitrogens with zero attached hydrogens (tertiary/aromatic N) is 3. The third-order valence-corrected chi connectivity index (χ3v) is 3.39. The van der Waals surface area contributed by atoms with Crippen molar-refractivity contribution in [2.45, 2.75) is 25.4 Å². The van der Waals surface area contributed by atoms with E-state index in [-0.39, 0.29) is 5.91 Å². The molecule has 0 atom stereocenters. The number of carbonyl (C=O) groups is 1. The lowest BCUT2D eigenvalue weighted by atomic mass is 10.4. The lowest BCUT2D eigenvalue weighted by Gasteiger charge is -2.16. The summed E-state index contributed by atoms with van der Waals surface area (Å²) in [6, 6.07) is 1.92. The fourth-order valence-electron chi connectivity index (χ4n) is 1.57. The predicted octanol–water partition coefficient (Wildman–Crippen LogP) is 1.68. The Hall–Kier alpha value is -1.14. The molecule has 0 aromatic carbocycles. The van der Waals surface area contributed by atoms with Gasteiger partial charge in [0.25, 0.3) is 0 Å². The van der Waals surface area contributed by atoms with E-state index in [0.29, 0.717) is 24.1 Å². The third kappa shape index (κ3) is 6.02. The van der Waals surface area contributed by atoms with Crippen LogP contribution >= 0.6 is 11.8 Å². The molecule has 0 saturated carbocycles. The van der Waals surface area contributed by atoms with Crippen LogP contribution < -0.4 is 0 Å². The second-order valence-electron chi connectivity index (χ2n) is 4.38. The van der Waals surface area contributed by atoms with Crippen molar-refractivity contribution in [2.24, 2.45) is 0 Å². The summed E-state index contributed by atoms with van der Waals surface area (Å²) in [7, 11) is 3.47. The smallest absolute Gasteiger partial charge is 0.232 e. The molecule has 0 bridgehead atoms. The van der Waals surface area contributed by atoms with Crippen LogP contribution in [-0.4, -0.2) is 53.8 Å². The second-order valence-corrected chi connectivity index (χ2v) is 5.33. The van der Waals surface area contributed by atoms with E-state index in [1.807, 2.05) is 19.9 Å². The first-order valence-electron chi connectivity index (χ1n) is 6.21. The summed E-state index contributed by atoms with van der Waals surface area (Å²) in [5.74, 6) is 0.454. The average Bonchev–Trinajstić information content (AvgIpc) is 2.35. The summed E-state index contributed by atoms with van der Waals surface area (Å²) in [6.45, 7) is 5.24. The molecule has 1 heterocycles. The van der Waals surface area contributed by atoms with Gasteiger partial charge in [-0.2, -0.15) is 0 Å². The van der Waals surface area contributed by atoms with E-state index in [1.54, 1.807) is 19.1 Å². The highest BCUT2D eigenvalue weighted by molar-refractivity contribution is 7.99. The third-order valence-electron chi connectivity index (χ3n) is 2.55. The highest BCUT2D eigenvalue weighted by Crippen LogP contribution is 2.14. The van der Waals surface area contributed by atoms with Crippen molar-refractivity contribution < 1.29 is 9.53 Å². The molecule has 1 amide bonds. The minimum atomic E-state index is 0.0869. The maximum absolute atomic E-state index is 11.9. The Labute approximate surface area is 118 Å². The van der Waals surface area contributed by atoms with Crippen LogP contribution in [0.15, 0.2) is 11.2 Å². The molecule has 6 heteroatoms. The number of thioether (sulfide) groups is 1. The fraction of sp³-hybridized carbons (Fsp3) is 0.615. The molecule has 0 aliphatic rings. The Morgan fingerprint density at radius 3 is 2.58 bits per heavy atom. The van der Waals surface area contributed by atoms with Crippen molar-refractivity contribution in [3.8, 4) is 0 Å². The van der Waals surface area contributed by atoms with Gasteiger partial charge in [-0.1, -0.05) is 11.8 Å². The summed E-state index contributed by atoms with van der Waals surface area (Å²) in [5, 5.41) is 0.663. The number of hydrogen-bond acceptors (Lipinski definition) is 5. The van der Waals surface area contributed by atoms with E-state index >= 15 is 0 Å². The molecular weight excluding hydrogens is 262 g/mol. The molecule has 0 unspecified atom stereocenters. The van der Waals surface area contributed by atoms with Gasteiger partial charge in [-0.15, -0.1) is 0 Å². The van der Waals surface area contributed by atoms with Crippen LogP contribution in [0.2, 0.25) is 0 Å². The van der Waals surface area contributed by atoms with Crippen LogP contribution in [-0.2, 0) is 9.53 Å². The molecule has 0 spiro atoms. The second kappa shape index (κ2) is 8.12. The minimum absolute atomic E-state index is 0.0869. The van der Waals surface area contributed by atoms with Crippen LogP contribution in [0.1, 0.15) is 17.8 Å². The number of amides is 1. The van der Waals surface area contributed by atoms with Crippen molar-refractivity contribution in [3.63, 3.8) is 0 Å². The standard InChI is InChI=1S/C13H21N3O2S/c1-10-8-11(2)15-13(14-10)19-9-12(17)16(3)6-5-7-18-4/h8H,5-7,9H2,1-4H3. The van der Waals surface area contributed by atoms with E-state index in [4.69, 9.17) is 4.74 Å². The molecule has 0 saturated heterocycles. The van der Waals surface area contributed by atoms with Crippen LogP contribution in [0.5, 0.6) is 0 Å². The zero-order valence-corrected chi connectivity index (χ0v) is 12.8. The van der Waals surface area contributed by atoms with Crippen LogP contribution in [0.25, 0.3) is 0 Å². The fourth-order valence-corrected chi connectivity index (χ4v) is 2.46. The van der Waals surface area contributed by atoms with Gasteiger partial charge < -0.3 is 9.64 Å². The van der Waals surface area contributed by atoms with E-state index in [9.17, 15) is 4.79 Å². The van der Waals surface area contributed by atoms with Crippen molar-refractivity contribution >= 4 is 17.7 Å². The maximum atomic E-state index is 11.9. The van der Waals surface area contributed by atoms with E-state index < -0.39 is 0 Å². The first-order valence-corrected chi connectivity index (χ1v) is 7.19. The molecule has 0 fully saturated rings. The van der Waals surface area contributed by atoms with Crippen molar-refractivity contribution in [2.75, 3.05) is 33.1 Å². The first kappa shape index (κ1) is 15.9. The van der Waals surface area contributed by atoms with Crippen LogP contribution in [0.4, 0.5) is 0 Å². The number of methoxy groups -OCH3 is 1. The Bertz CT molecular complexity index is 406. The number of ether oxygens (including phenoxy) is 1. The lowest BCUT2D eigenvalue weighted by Crippen LogP contribution is -2.29. The summed E-state index contributed by atoms with van der Waals surface area (Å²) in [4.78, 5) is 22.2. The zero-order chi connectivity index (χ0) is 14.3. The van der Waals surface area contributed by atoms with Gasteiger partial charge in [-0.3, -0.25) is 4.79 Å². The highest BCUT2D eigenvalue weighted by Gasteiger charge is 2.10. The Kier molecular flexibility index (Phi) is 6.80. The topological polar surface area (TPSA) is 55.3 Å². The van der Waals surface area contributed by atoms with E-state index in [1.165, 1.54) is 11.8 Å². The van der Waals surface area contributed by atoms with Gasteiger partial charge in [0.05, 0.1) is 5.75 Å². The van der Waals surface area contributed by atoms with Gasteiger partial charge in [0.2, 0.25) is 5.91 Å². The van der Waals surface area contributed by atoms with Gasteiger partial charge in [0, 0.05) is 38.7 Å². The molecule has 0 aliphatic carbocycles. The molecular formula is C13H21N3O2S. The quantitative estimate of drug-likeness (QED) is 0.433. The molecule has 1 aromatic rings. The summed E-state index contributed by atoms with van der Waals surface area (Å²) >= 11 is 1.38. The predicted molar refractivity (Wildman–Crippen MR) is 76.4 cm³/mol.